The highest BCUT2D eigenvalue weighted by atomic mass is 16.4. The molecule has 128 valence electrons. The molecule has 0 spiro atoms. The van der Waals surface area contributed by atoms with Crippen LogP contribution < -0.4 is 10.9 Å². The summed E-state index contributed by atoms with van der Waals surface area (Å²) < 4.78 is 5.50. The quantitative estimate of drug-likeness (QED) is 0.420. The lowest BCUT2D eigenvalue weighted by Crippen LogP contribution is -2.30. The molecule has 5 nitrogen and oxygen atoms in total. The Morgan fingerprint density at radius 1 is 0.880 bits per heavy atom. The Balaban J connectivity index is 2.02. The first-order valence-electron chi connectivity index (χ1n) is 8.16. The highest BCUT2D eigenvalue weighted by Crippen LogP contribution is 2.08. The topological polar surface area (TPSA) is 83.8 Å². The third-order valence-corrected chi connectivity index (χ3v) is 3.97. The fourth-order valence-corrected chi connectivity index (χ4v) is 2.48. The van der Waals surface area contributed by atoms with Crippen molar-refractivity contribution in [3.63, 3.8) is 0 Å². The van der Waals surface area contributed by atoms with Gasteiger partial charge in [0.05, 0.1) is 6.42 Å². The first-order chi connectivity index (χ1) is 11.9. The van der Waals surface area contributed by atoms with Crippen LogP contribution in [-0.4, -0.2) is 42.3 Å². The summed E-state index contributed by atoms with van der Waals surface area (Å²) in [5.74, 6) is -0.567. The van der Waals surface area contributed by atoms with E-state index in [1.54, 1.807) is 12.1 Å². The number of rotatable bonds is 8. The molecule has 0 aliphatic heterocycles. The van der Waals surface area contributed by atoms with Crippen molar-refractivity contribution in [2.45, 2.75) is 20.2 Å². The number of benzene rings is 2. The van der Waals surface area contributed by atoms with E-state index < -0.39 is 7.12 Å². The maximum atomic E-state index is 12.3. The SMILES string of the molecule is CCOB(C)c1ccc(C(=O)CC(=O)c2ccc(B(O)O)cc2)cc1. The second-order valence-corrected chi connectivity index (χ2v) is 5.74. The van der Waals surface area contributed by atoms with Gasteiger partial charge in [-0.2, -0.15) is 0 Å². The van der Waals surface area contributed by atoms with Crippen LogP contribution in [0.4, 0.5) is 0 Å². The summed E-state index contributed by atoms with van der Waals surface area (Å²) in [5, 5.41) is 18.1. The van der Waals surface area contributed by atoms with E-state index in [1.807, 2.05) is 25.9 Å². The van der Waals surface area contributed by atoms with E-state index in [0.29, 0.717) is 23.2 Å². The van der Waals surface area contributed by atoms with Gasteiger partial charge in [-0.15, -0.1) is 0 Å². The van der Waals surface area contributed by atoms with Crippen molar-refractivity contribution in [2.24, 2.45) is 0 Å². The first kappa shape index (κ1) is 19.1. The van der Waals surface area contributed by atoms with E-state index >= 15 is 0 Å². The Morgan fingerprint density at radius 3 is 1.72 bits per heavy atom. The van der Waals surface area contributed by atoms with Crippen LogP contribution in [0.5, 0.6) is 0 Å². The molecule has 0 radical (unpaired) electrons. The van der Waals surface area contributed by atoms with Crippen LogP contribution in [0.15, 0.2) is 48.5 Å². The first-order valence-corrected chi connectivity index (χ1v) is 8.16. The molecule has 7 heteroatoms. The van der Waals surface area contributed by atoms with Gasteiger partial charge in [-0.25, -0.2) is 0 Å². The Labute approximate surface area is 147 Å². The Kier molecular flexibility index (Phi) is 6.70. The summed E-state index contributed by atoms with van der Waals surface area (Å²) in [4.78, 5) is 24.5. The van der Waals surface area contributed by atoms with Gasteiger partial charge < -0.3 is 14.7 Å². The lowest BCUT2D eigenvalue weighted by Gasteiger charge is -2.09. The number of hydrogen-bond donors (Lipinski definition) is 2. The van der Waals surface area contributed by atoms with Crippen molar-refractivity contribution >= 4 is 36.5 Å². The van der Waals surface area contributed by atoms with Gasteiger partial charge in [-0.3, -0.25) is 9.59 Å². The van der Waals surface area contributed by atoms with E-state index in [9.17, 15) is 9.59 Å². The van der Waals surface area contributed by atoms with Crippen LogP contribution in [-0.2, 0) is 4.65 Å². The molecule has 0 aliphatic rings. The zero-order valence-corrected chi connectivity index (χ0v) is 14.3. The molecule has 0 saturated heterocycles. The van der Waals surface area contributed by atoms with Gasteiger partial charge in [-0.05, 0) is 17.8 Å². The van der Waals surface area contributed by atoms with Crippen LogP contribution in [0, 0.1) is 0 Å². The van der Waals surface area contributed by atoms with E-state index in [-0.39, 0.29) is 24.9 Å². The molecule has 25 heavy (non-hydrogen) atoms. The third kappa shape index (κ3) is 5.13. The van der Waals surface area contributed by atoms with Crippen molar-refractivity contribution < 1.29 is 24.3 Å². The van der Waals surface area contributed by atoms with Gasteiger partial charge in [0.25, 0.3) is 0 Å². The molecule has 0 saturated carbocycles. The Morgan fingerprint density at radius 2 is 1.32 bits per heavy atom. The van der Waals surface area contributed by atoms with Crippen molar-refractivity contribution in [2.75, 3.05) is 6.61 Å². The monoisotopic (exact) mass is 338 g/mol. The fraction of sp³-hybridized carbons (Fsp3) is 0.222. The van der Waals surface area contributed by atoms with Crippen LogP contribution >= 0.6 is 0 Å². The van der Waals surface area contributed by atoms with Gasteiger partial charge in [0.2, 0.25) is 0 Å². The van der Waals surface area contributed by atoms with E-state index in [1.165, 1.54) is 24.3 Å². The molecule has 2 aromatic rings. The van der Waals surface area contributed by atoms with Crippen molar-refractivity contribution in [3.8, 4) is 0 Å². The number of ketones is 2. The molecule has 0 aromatic heterocycles. The Bertz CT molecular complexity index is 726. The van der Waals surface area contributed by atoms with Gasteiger partial charge in [-0.1, -0.05) is 55.4 Å². The molecule has 0 atom stereocenters. The molecule has 2 rings (SSSR count). The lowest BCUT2D eigenvalue weighted by molar-refractivity contribution is 0.0894. The van der Waals surface area contributed by atoms with Crippen LogP contribution in [0.2, 0.25) is 6.82 Å². The third-order valence-electron chi connectivity index (χ3n) is 3.97. The summed E-state index contributed by atoms with van der Waals surface area (Å²) in [7, 11) is -1.58. The van der Waals surface area contributed by atoms with Gasteiger partial charge in [0, 0.05) is 17.7 Å². The molecule has 2 N–H and O–H groups in total. The van der Waals surface area contributed by atoms with Gasteiger partial charge in [0.15, 0.2) is 11.6 Å². The highest BCUT2D eigenvalue weighted by molar-refractivity contribution is 6.66. The van der Waals surface area contributed by atoms with Crippen molar-refractivity contribution in [1.82, 2.24) is 0 Å². The van der Waals surface area contributed by atoms with Crippen LogP contribution in [0.3, 0.4) is 0 Å². The smallest absolute Gasteiger partial charge is 0.431 e. The summed E-state index contributed by atoms with van der Waals surface area (Å²) in [5.41, 5.74) is 2.10. The van der Waals surface area contributed by atoms with Crippen molar-refractivity contribution in [3.05, 3.63) is 59.7 Å². The lowest BCUT2D eigenvalue weighted by atomic mass is 9.63. The second-order valence-electron chi connectivity index (χ2n) is 5.74. The summed E-state index contributed by atoms with van der Waals surface area (Å²) in [6.45, 7) is 4.43. The molecule has 0 heterocycles. The average Bonchev–Trinajstić information content (AvgIpc) is 2.62. The van der Waals surface area contributed by atoms with Crippen molar-refractivity contribution in [1.29, 1.82) is 0 Å². The second kappa shape index (κ2) is 8.76. The normalized spacial score (nSPS) is 10.4. The minimum absolute atomic E-state index is 0.0452. The number of carbonyl (C=O) groups excluding carboxylic acids is 2. The largest absolute Gasteiger partial charge is 0.488 e. The van der Waals surface area contributed by atoms with E-state index in [4.69, 9.17) is 14.7 Å². The number of carbonyl (C=O) groups is 2. The molecule has 0 unspecified atom stereocenters. The standard InChI is InChI=1S/C18H20B2O5/c1-3-25-19(2)15-8-4-13(5-9-15)17(21)12-18(22)14-6-10-16(11-7-14)20(23)24/h4-11,23-24H,3,12H2,1-2H3. The maximum absolute atomic E-state index is 12.3. The molecule has 0 fully saturated rings. The molecule has 2 aromatic carbocycles. The number of hydrogen-bond acceptors (Lipinski definition) is 5. The summed E-state index contributed by atoms with van der Waals surface area (Å²) in [6.07, 6.45) is -0.235. The molecule has 0 aliphatic carbocycles. The Hall–Kier alpha value is -2.21. The van der Waals surface area contributed by atoms with Gasteiger partial charge in [0.1, 0.15) is 0 Å². The fourth-order valence-electron chi connectivity index (χ4n) is 2.48. The number of Topliss-reactive ketones (excluding diaryl/α,β-unsaturated/α-hetero) is 2. The van der Waals surface area contributed by atoms with Gasteiger partial charge >= 0.3 is 14.0 Å². The highest BCUT2D eigenvalue weighted by Gasteiger charge is 2.17. The summed E-state index contributed by atoms with van der Waals surface area (Å²) >= 11 is 0. The maximum Gasteiger partial charge on any atom is 0.488 e. The molecular formula is C18H20B2O5. The molecule has 0 bridgehead atoms. The van der Waals surface area contributed by atoms with Crippen LogP contribution in [0.25, 0.3) is 0 Å². The predicted octanol–water partition coefficient (Wildman–Crippen LogP) is 0.687. The molecule has 0 amide bonds. The predicted molar refractivity (Wildman–Crippen MR) is 98.9 cm³/mol. The average molecular weight is 338 g/mol. The zero-order valence-electron chi connectivity index (χ0n) is 14.3. The van der Waals surface area contributed by atoms with E-state index in [2.05, 4.69) is 0 Å². The van der Waals surface area contributed by atoms with Crippen LogP contribution in [0.1, 0.15) is 34.1 Å². The minimum atomic E-state index is -1.58. The van der Waals surface area contributed by atoms with E-state index in [0.717, 1.165) is 5.46 Å². The molecular weight excluding hydrogens is 318 g/mol. The minimum Gasteiger partial charge on any atom is -0.431 e. The summed E-state index contributed by atoms with van der Waals surface area (Å²) in [6, 6.07) is 12.9. The zero-order chi connectivity index (χ0) is 18.4.